The molecular formula is C14H20N2O2. The second-order valence-corrected chi connectivity index (χ2v) is 6.20. The van der Waals surface area contributed by atoms with Crippen molar-refractivity contribution in [1.82, 2.24) is 4.98 Å². The molecule has 0 atom stereocenters. The topological polar surface area (TPSA) is 62.2 Å². The third-order valence-corrected chi connectivity index (χ3v) is 4.59. The molecule has 98 valence electrons. The molecule has 1 aromatic rings. The molecule has 1 aliphatic rings. The molecule has 2 rings (SSSR count). The number of carbonyl (C=O) groups is 1. The SMILES string of the molecule is Cc1cc(NC2C(C)(C)C2(C)C)c(C(=O)O)cn1. The lowest BCUT2D eigenvalue weighted by Gasteiger charge is -2.11. The van der Waals surface area contributed by atoms with Gasteiger partial charge in [-0.3, -0.25) is 4.98 Å². The molecule has 0 radical (unpaired) electrons. The maximum Gasteiger partial charge on any atom is 0.339 e. The Hall–Kier alpha value is -1.58. The second-order valence-electron chi connectivity index (χ2n) is 6.20. The Morgan fingerprint density at radius 2 is 1.89 bits per heavy atom. The fourth-order valence-electron chi connectivity index (χ4n) is 2.56. The lowest BCUT2D eigenvalue weighted by atomic mass is 10.0. The molecule has 1 heterocycles. The molecule has 0 aliphatic heterocycles. The smallest absolute Gasteiger partial charge is 0.339 e. The van der Waals surface area contributed by atoms with Gasteiger partial charge in [0.15, 0.2) is 0 Å². The highest BCUT2D eigenvalue weighted by atomic mass is 16.4. The molecule has 0 aromatic carbocycles. The number of nitrogens with zero attached hydrogens (tertiary/aromatic N) is 1. The van der Waals surface area contributed by atoms with Gasteiger partial charge in [0.25, 0.3) is 0 Å². The first-order chi connectivity index (χ1) is 8.18. The maximum atomic E-state index is 11.2. The first-order valence-electron chi connectivity index (χ1n) is 6.14. The third kappa shape index (κ3) is 1.76. The van der Waals surface area contributed by atoms with E-state index < -0.39 is 5.97 Å². The average Bonchev–Trinajstić information content (AvgIpc) is 2.60. The van der Waals surface area contributed by atoms with Gasteiger partial charge in [-0.25, -0.2) is 4.79 Å². The zero-order valence-corrected chi connectivity index (χ0v) is 11.5. The van der Waals surface area contributed by atoms with Gasteiger partial charge in [-0.15, -0.1) is 0 Å². The summed E-state index contributed by atoms with van der Waals surface area (Å²) in [6.45, 7) is 10.6. The molecular weight excluding hydrogens is 228 g/mol. The molecule has 1 saturated carbocycles. The van der Waals surface area contributed by atoms with E-state index >= 15 is 0 Å². The van der Waals surface area contributed by atoms with E-state index in [0.717, 1.165) is 5.69 Å². The van der Waals surface area contributed by atoms with E-state index in [1.807, 2.05) is 6.92 Å². The highest BCUT2D eigenvalue weighted by molar-refractivity contribution is 5.94. The number of carboxylic acid groups (broad SMARTS) is 1. The summed E-state index contributed by atoms with van der Waals surface area (Å²) < 4.78 is 0. The molecule has 0 bridgehead atoms. The number of aryl methyl sites for hydroxylation is 1. The molecule has 1 aromatic heterocycles. The van der Waals surface area contributed by atoms with E-state index in [1.54, 1.807) is 6.07 Å². The molecule has 0 spiro atoms. The minimum atomic E-state index is -0.943. The van der Waals surface area contributed by atoms with Crippen LogP contribution in [-0.4, -0.2) is 22.1 Å². The summed E-state index contributed by atoms with van der Waals surface area (Å²) in [6.07, 6.45) is 1.42. The highest BCUT2D eigenvalue weighted by Crippen LogP contribution is 2.63. The van der Waals surface area contributed by atoms with Crippen molar-refractivity contribution in [2.45, 2.75) is 40.7 Å². The molecule has 1 aliphatic carbocycles. The number of aromatic nitrogens is 1. The summed E-state index contributed by atoms with van der Waals surface area (Å²) in [5, 5.41) is 12.5. The van der Waals surface area contributed by atoms with Gasteiger partial charge in [-0.2, -0.15) is 0 Å². The van der Waals surface area contributed by atoms with Crippen LogP contribution >= 0.6 is 0 Å². The van der Waals surface area contributed by atoms with Gasteiger partial charge < -0.3 is 10.4 Å². The van der Waals surface area contributed by atoms with Crippen LogP contribution in [0.4, 0.5) is 5.69 Å². The zero-order valence-electron chi connectivity index (χ0n) is 11.5. The van der Waals surface area contributed by atoms with E-state index in [4.69, 9.17) is 0 Å². The van der Waals surface area contributed by atoms with Crippen molar-refractivity contribution < 1.29 is 9.90 Å². The quantitative estimate of drug-likeness (QED) is 0.863. The monoisotopic (exact) mass is 248 g/mol. The van der Waals surface area contributed by atoms with Crippen molar-refractivity contribution in [3.05, 3.63) is 23.5 Å². The number of pyridine rings is 1. The Labute approximate surface area is 107 Å². The van der Waals surface area contributed by atoms with Gasteiger partial charge in [-0.05, 0) is 23.8 Å². The number of anilines is 1. The zero-order chi connectivity index (χ0) is 13.7. The Bertz CT molecular complexity index is 493. The average molecular weight is 248 g/mol. The van der Waals surface area contributed by atoms with Crippen LogP contribution in [-0.2, 0) is 0 Å². The molecule has 2 N–H and O–H groups in total. The Balaban J connectivity index is 2.31. The molecule has 1 fully saturated rings. The lowest BCUT2D eigenvalue weighted by Crippen LogP contribution is -2.14. The van der Waals surface area contributed by atoms with E-state index in [1.165, 1.54) is 6.20 Å². The van der Waals surface area contributed by atoms with Crippen molar-refractivity contribution in [3.8, 4) is 0 Å². The van der Waals surface area contributed by atoms with Gasteiger partial charge in [-0.1, -0.05) is 27.7 Å². The predicted molar refractivity (Wildman–Crippen MR) is 70.9 cm³/mol. The molecule has 0 amide bonds. The number of nitrogens with one attached hydrogen (secondary N) is 1. The standard InChI is InChI=1S/C14H20N2O2/c1-8-6-10(9(7-15-8)11(17)18)16-12-13(2,3)14(12,4)5/h6-7,12H,1-5H3,(H,15,16)(H,17,18). The fourth-order valence-corrected chi connectivity index (χ4v) is 2.56. The van der Waals surface area contributed by atoms with Crippen molar-refractivity contribution in [2.24, 2.45) is 10.8 Å². The van der Waals surface area contributed by atoms with Crippen LogP contribution in [0, 0.1) is 17.8 Å². The number of hydrogen-bond acceptors (Lipinski definition) is 3. The van der Waals surface area contributed by atoms with E-state index in [0.29, 0.717) is 5.69 Å². The highest BCUT2D eigenvalue weighted by Gasteiger charge is 2.65. The number of hydrogen-bond donors (Lipinski definition) is 2. The molecule has 0 unspecified atom stereocenters. The summed E-state index contributed by atoms with van der Waals surface area (Å²) in [7, 11) is 0. The Morgan fingerprint density at radius 3 is 2.33 bits per heavy atom. The molecule has 4 heteroatoms. The number of rotatable bonds is 3. The van der Waals surface area contributed by atoms with Gasteiger partial charge >= 0.3 is 5.97 Å². The molecule has 18 heavy (non-hydrogen) atoms. The van der Waals surface area contributed by atoms with Gasteiger partial charge in [0.1, 0.15) is 5.56 Å². The second kappa shape index (κ2) is 3.70. The summed E-state index contributed by atoms with van der Waals surface area (Å²) in [5.74, 6) is -0.943. The van der Waals surface area contributed by atoms with Crippen LogP contribution in [0.25, 0.3) is 0 Å². The van der Waals surface area contributed by atoms with Crippen LogP contribution in [0.1, 0.15) is 43.7 Å². The van der Waals surface area contributed by atoms with Crippen molar-refractivity contribution >= 4 is 11.7 Å². The molecule has 4 nitrogen and oxygen atoms in total. The van der Waals surface area contributed by atoms with Crippen LogP contribution < -0.4 is 5.32 Å². The lowest BCUT2D eigenvalue weighted by molar-refractivity contribution is 0.0697. The Kier molecular flexibility index (Phi) is 2.65. The van der Waals surface area contributed by atoms with Crippen molar-refractivity contribution in [1.29, 1.82) is 0 Å². The maximum absolute atomic E-state index is 11.2. The summed E-state index contributed by atoms with van der Waals surface area (Å²) in [5.41, 5.74) is 2.05. The van der Waals surface area contributed by atoms with Crippen LogP contribution in [0.3, 0.4) is 0 Å². The van der Waals surface area contributed by atoms with E-state index in [2.05, 4.69) is 38.0 Å². The first-order valence-corrected chi connectivity index (χ1v) is 6.14. The van der Waals surface area contributed by atoms with Crippen LogP contribution in [0.2, 0.25) is 0 Å². The number of aromatic carboxylic acids is 1. The van der Waals surface area contributed by atoms with E-state index in [9.17, 15) is 9.90 Å². The summed E-state index contributed by atoms with van der Waals surface area (Å²) in [6, 6.07) is 2.08. The third-order valence-electron chi connectivity index (χ3n) is 4.59. The van der Waals surface area contributed by atoms with Crippen molar-refractivity contribution in [3.63, 3.8) is 0 Å². The van der Waals surface area contributed by atoms with Gasteiger partial charge in [0.2, 0.25) is 0 Å². The largest absolute Gasteiger partial charge is 0.478 e. The van der Waals surface area contributed by atoms with Crippen molar-refractivity contribution in [2.75, 3.05) is 5.32 Å². The summed E-state index contributed by atoms with van der Waals surface area (Å²) >= 11 is 0. The van der Waals surface area contributed by atoms with E-state index in [-0.39, 0.29) is 22.4 Å². The minimum Gasteiger partial charge on any atom is -0.478 e. The normalized spacial score (nSPS) is 20.5. The summed E-state index contributed by atoms with van der Waals surface area (Å²) in [4.78, 5) is 15.2. The number of carboxylic acids is 1. The minimum absolute atomic E-state index is 0.167. The Morgan fingerprint density at radius 1 is 1.33 bits per heavy atom. The first kappa shape index (κ1) is 12.9. The molecule has 0 saturated heterocycles. The fraction of sp³-hybridized carbons (Fsp3) is 0.571. The predicted octanol–water partition coefficient (Wildman–Crippen LogP) is 2.93. The van der Waals surface area contributed by atoms with Crippen LogP contribution in [0.15, 0.2) is 12.3 Å². The van der Waals surface area contributed by atoms with Gasteiger partial charge in [0.05, 0.1) is 5.69 Å². The van der Waals surface area contributed by atoms with Crippen LogP contribution in [0.5, 0.6) is 0 Å². The van der Waals surface area contributed by atoms with Gasteiger partial charge in [0, 0.05) is 17.9 Å².